The number of morpholine rings is 1. The fourth-order valence-electron chi connectivity index (χ4n) is 3.00. The van der Waals surface area contributed by atoms with Gasteiger partial charge in [-0.1, -0.05) is 0 Å². The fourth-order valence-corrected chi connectivity index (χ4v) is 3.00. The Labute approximate surface area is 132 Å². The SMILES string of the molecule is CC(=O)N1CCN(C(=O)CN2CCO[C@@H](CN(C)C)C2)CC1. The third kappa shape index (κ3) is 4.93. The van der Waals surface area contributed by atoms with Crippen LogP contribution in [0.25, 0.3) is 0 Å². The molecular formula is C15H28N4O3. The molecule has 2 fully saturated rings. The monoisotopic (exact) mass is 312 g/mol. The first-order valence-electron chi connectivity index (χ1n) is 7.97. The van der Waals surface area contributed by atoms with Crippen LogP contribution >= 0.6 is 0 Å². The number of hydrogen-bond acceptors (Lipinski definition) is 5. The van der Waals surface area contributed by atoms with Crippen molar-refractivity contribution in [1.82, 2.24) is 19.6 Å². The minimum absolute atomic E-state index is 0.0896. The van der Waals surface area contributed by atoms with Gasteiger partial charge in [0.25, 0.3) is 0 Å². The Bertz CT molecular complexity index is 394. The average molecular weight is 312 g/mol. The molecule has 0 aliphatic carbocycles. The van der Waals surface area contributed by atoms with Gasteiger partial charge in [-0.25, -0.2) is 0 Å². The predicted octanol–water partition coefficient (Wildman–Crippen LogP) is -1.06. The van der Waals surface area contributed by atoms with Gasteiger partial charge in [0.05, 0.1) is 19.3 Å². The molecule has 2 aliphatic rings. The van der Waals surface area contributed by atoms with Crippen molar-refractivity contribution in [3.8, 4) is 0 Å². The van der Waals surface area contributed by atoms with Gasteiger partial charge < -0.3 is 19.4 Å². The van der Waals surface area contributed by atoms with Crippen molar-refractivity contribution in [1.29, 1.82) is 0 Å². The Hall–Kier alpha value is -1.18. The maximum Gasteiger partial charge on any atom is 0.236 e. The number of ether oxygens (including phenoxy) is 1. The van der Waals surface area contributed by atoms with E-state index >= 15 is 0 Å². The van der Waals surface area contributed by atoms with Crippen LogP contribution in [0.15, 0.2) is 0 Å². The van der Waals surface area contributed by atoms with Crippen LogP contribution < -0.4 is 0 Å². The lowest BCUT2D eigenvalue weighted by molar-refractivity contribution is -0.140. The molecule has 0 unspecified atom stereocenters. The molecule has 0 N–H and O–H groups in total. The molecule has 7 heteroatoms. The first-order chi connectivity index (χ1) is 10.5. The molecule has 0 radical (unpaired) electrons. The standard InChI is InChI=1S/C15H28N4O3/c1-13(20)18-4-6-19(7-5-18)15(21)12-17-8-9-22-14(11-17)10-16(2)3/h14H,4-12H2,1-3H3/t14-/m0/s1. The van der Waals surface area contributed by atoms with Crippen LogP contribution in [0.2, 0.25) is 0 Å². The summed E-state index contributed by atoms with van der Waals surface area (Å²) in [4.78, 5) is 31.7. The first-order valence-corrected chi connectivity index (χ1v) is 7.97. The summed E-state index contributed by atoms with van der Waals surface area (Å²) in [5.41, 5.74) is 0. The molecule has 1 atom stereocenters. The van der Waals surface area contributed by atoms with E-state index in [-0.39, 0.29) is 17.9 Å². The highest BCUT2D eigenvalue weighted by Crippen LogP contribution is 2.08. The molecule has 7 nitrogen and oxygen atoms in total. The summed E-state index contributed by atoms with van der Waals surface area (Å²) in [5, 5.41) is 0. The van der Waals surface area contributed by atoms with E-state index in [0.29, 0.717) is 39.3 Å². The summed E-state index contributed by atoms with van der Waals surface area (Å²) in [6, 6.07) is 0. The molecule has 2 aliphatic heterocycles. The van der Waals surface area contributed by atoms with Gasteiger partial charge in [0.1, 0.15) is 0 Å². The van der Waals surface area contributed by atoms with E-state index in [1.54, 1.807) is 11.8 Å². The Morgan fingerprint density at radius 1 is 1.09 bits per heavy atom. The van der Waals surface area contributed by atoms with Crippen LogP contribution in [0.1, 0.15) is 6.92 Å². The molecule has 2 amide bonds. The zero-order valence-corrected chi connectivity index (χ0v) is 14.0. The molecule has 22 heavy (non-hydrogen) atoms. The van der Waals surface area contributed by atoms with E-state index in [2.05, 4.69) is 9.80 Å². The van der Waals surface area contributed by atoms with Crippen molar-refractivity contribution in [2.45, 2.75) is 13.0 Å². The minimum atomic E-state index is 0.0896. The summed E-state index contributed by atoms with van der Waals surface area (Å²) in [7, 11) is 4.06. The van der Waals surface area contributed by atoms with Crippen LogP contribution in [-0.4, -0.2) is 111 Å². The van der Waals surface area contributed by atoms with Crippen molar-refractivity contribution >= 4 is 11.8 Å². The number of nitrogens with zero attached hydrogens (tertiary/aromatic N) is 4. The fraction of sp³-hybridized carbons (Fsp3) is 0.867. The van der Waals surface area contributed by atoms with E-state index in [1.807, 2.05) is 19.0 Å². The van der Waals surface area contributed by atoms with E-state index in [9.17, 15) is 9.59 Å². The second kappa shape index (κ2) is 7.89. The number of rotatable bonds is 4. The number of likely N-dealkylation sites (N-methyl/N-ethyl adjacent to an activating group) is 1. The highest BCUT2D eigenvalue weighted by atomic mass is 16.5. The average Bonchev–Trinajstić information content (AvgIpc) is 2.47. The van der Waals surface area contributed by atoms with Crippen molar-refractivity contribution < 1.29 is 14.3 Å². The Morgan fingerprint density at radius 3 is 2.32 bits per heavy atom. The molecule has 0 bridgehead atoms. The van der Waals surface area contributed by atoms with Gasteiger partial charge >= 0.3 is 0 Å². The highest BCUT2D eigenvalue weighted by molar-refractivity contribution is 5.79. The lowest BCUT2D eigenvalue weighted by atomic mass is 10.2. The molecule has 0 aromatic carbocycles. The summed E-state index contributed by atoms with van der Waals surface area (Å²) in [5.74, 6) is 0.250. The lowest BCUT2D eigenvalue weighted by Crippen LogP contribution is -2.54. The first kappa shape index (κ1) is 17.2. The van der Waals surface area contributed by atoms with Crippen LogP contribution in [0.3, 0.4) is 0 Å². The summed E-state index contributed by atoms with van der Waals surface area (Å²) < 4.78 is 5.73. The predicted molar refractivity (Wildman–Crippen MR) is 83.6 cm³/mol. The van der Waals surface area contributed by atoms with Crippen molar-refractivity contribution in [2.24, 2.45) is 0 Å². The maximum absolute atomic E-state index is 12.4. The Balaban J connectivity index is 1.76. The summed E-state index contributed by atoms with van der Waals surface area (Å²) in [6.07, 6.45) is 0.172. The highest BCUT2D eigenvalue weighted by Gasteiger charge is 2.26. The molecule has 0 spiro atoms. The van der Waals surface area contributed by atoms with Gasteiger partial charge in [-0.3, -0.25) is 14.5 Å². The van der Waals surface area contributed by atoms with Gasteiger partial charge in [-0.05, 0) is 14.1 Å². The largest absolute Gasteiger partial charge is 0.374 e. The Kier molecular flexibility index (Phi) is 6.16. The molecule has 0 aromatic rings. The normalized spacial score (nSPS) is 23.9. The van der Waals surface area contributed by atoms with Gasteiger partial charge in [-0.15, -0.1) is 0 Å². The van der Waals surface area contributed by atoms with E-state index in [0.717, 1.165) is 19.6 Å². The van der Waals surface area contributed by atoms with Crippen LogP contribution in [-0.2, 0) is 14.3 Å². The molecular weight excluding hydrogens is 284 g/mol. The van der Waals surface area contributed by atoms with E-state index < -0.39 is 0 Å². The quantitative estimate of drug-likeness (QED) is 0.662. The molecule has 2 saturated heterocycles. The topological polar surface area (TPSA) is 56.3 Å². The van der Waals surface area contributed by atoms with Gasteiger partial charge in [0.2, 0.25) is 11.8 Å². The van der Waals surface area contributed by atoms with Gasteiger partial charge in [0.15, 0.2) is 0 Å². The zero-order valence-electron chi connectivity index (χ0n) is 14.0. The van der Waals surface area contributed by atoms with Crippen LogP contribution in [0, 0.1) is 0 Å². The molecule has 2 rings (SSSR count). The number of carbonyl (C=O) groups is 2. The third-order valence-corrected chi connectivity index (χ3v) is 4.23. The van der Waals surface area contributed by atoms with Crippen molar-refractivity contribution in [2.75, 3.05) is 73.1 Å². The molecule has 0 aromatic heterocycles. The van der Waals surface area contributed by atoms with Crippen molar-refractivity contribution in [3.63, 3.8) is 0 Å². The number of amides is 2. The maximum atomic E-state index is 12.4. The van der Waals surface area contributed by atoms with Gasteiger partial charge in [0, 0.05) is 52.7 Å². The lowest BCUT2D eigenvalue weighted by Gasteiger charge is -2.37. The number of carbonyl (C=O) groups excluding carboxylic acids is 2. The van der Waals surface area contributed by atoms with E-state index in [4.69, 9.17) is 4.74 Å². The molecule has 0 saturated carbocycles. The van der Waals surface area contributed by atoms with Gasteiger partial charge in [-0.2, -0.15) is 0 Å². The smallest absolute Gasteiger partial charge is 0.236 e. The second-order valence-corrected chi connectivity index (χ2v) is 6.38. The van der Waals surface area contributed by atoms with E-state index in [1.165, 1.54) is 0 Å². The third-order valence-electron chi connectivity index (χ3n) is 4.23. The molecule has 2 heterocycles. The zero-order chi connectivity index (χ0) is 16.1. The number of hydrogen-bond donors (Lipinski definition) is 0. The minimum Gasteiger partial charge on any atom is -0.374 e. The van der Waals surface area contributed by atoms with Crippen LogP contribution in [0.4, 0.5) is 0 Å². The second-order valence-electron chi connectivity index (χ2n) is 6.38. The Morgan fingerprint density at radius 2 is 1.73 bits per heavy atom. The molecule has 126 valence electrons. The summed E-state index contributed by atoms with van der Waals surface area (Å²) in [6.45, 7) is 7.78. The summed E-state index contributed by atoms with van der Waals surface area (Å²) >= 11 is 0. The van der Waals surface area contributed by atoms with Crippen molar-refractivity contribution in [3.05, 3.63) is 0 Å². The number of piperazine rings is 1. The van der Waals surface area contributed by atoms with Crippen LogP contribution in [0.5, 0.6) is 0 Å².